The maximum absolute atomic E-state index is 15.0. The van der Waals surface area contributed by atoms with Crippen molar-refractivity contribution in [3.8, 4) is 11.6 Å². The van der Waals surface area contributed by atoms with Gasteiger partial charge < -0.3 is 19.9 Å². The zero-order chi connectivity index (χ0) is 23.7. The van der Waals surface area contributed by atoms with Crippen molar-refractivity contribution in [3.63, 3.8) is 0 Å². The number of anilines is 3. The molecule has 1 aliphatic heterocycles. The number of hydrogen-bond donors (Lipinski definition) is 1. The molecule has 3 heterocycles. The molecule has 5 rings (SSSR count). The number of hydrogen-bond acceptors (Lipinski definition) is 7. The lowest BCUT2D eigenvalue weighted by atomic mass is 10.1. The van der Waals surface area contributed by atoms with Gasteiger partial charge in [-0.1, -0.05) is 36.2 Å². The van der Waals surface area contributed by atoms with Crippen molar-refractivity contribution in [1.29, 1.82) is 0 Å². The fourth-order valence-electron chi connectivity index (χ4n) is 4.31. The molecular weight excluding hydrogens is 455 g/mol. The number of nitrogens with zero attached hydrogens (tertiary/aromatic N) is 5. The summed E-state index contributed by atoms with van der Waals surface area (Å²) in [5, 5.41) is 3.25. The average Bonchev–Trinajstić information content (AvgIpc) is 3.25. The van der Waals surface area contributed by atoms with Gasteiger partial charge in [-0.05, 0) is 43.7 Å². The van der Waals surface area contributed by atoms with Crippen molar-refractivity contribution < 1.29 is 9.13 Å². The lowest BCUT2D eigenvalue weighted by Gasteiger charge is -2.35. The van der Waals surface area contributed by atoms with Crippen LogP contribution >= 0.6 is 11.6 Å². The van der Waals surface area contributed by atoms with E-state index in [4.69, 9.17) is 16.3 Å². The molecule has 1 aliphatic carbocycles. The van der Waals surface area contributed by atoms with Crippen molar-refractivity contribution in [2.75, 3.05) is 42.9 Å². The maximum Gasteiger partial charge on any atom is 0.243 e. The molecule has 0 unspecified atom stereocenters. The first-order chi connectivity index (χ1) is 16.5. The van der Waals surface area contributed by atoms with Gasteiger partial charge in [0.15, 0.2) is 17.4 Å². The van der Waals surface area contributed by atoms with E-state index in [0.29, 0.717) is 17.2 Å². The molecule has 7 nitrogen and oxygen atoms in total. The monoisotopic (exact) mass is 480 g/mol. The van der Waals surface area contributed by atoms with E-state index >= 15 is 0 Å². The number of nitrogens with one attached hydrogen (secondary N) is 1. The number of likely N-dealkylation sites (N-methyl/N-ethyl adjacent to an activating group) is 1. The molecule has 0 bridgehead atoms. The molecule has 9 heteroatoms. The van der Waals surface area contributed by atoms with E-state index in [1.54, 1.807) is 6.07 Å². The number of piperazine rings is 1. The molecule has 3 aromatic rings. The number of halogens is 2. The molecule has 0 atom stereocenters. The normalized spacial score (nSPS) is 15.8. The molecule has 1 aromatic carbocycles. The quantitative estimate of drug-likeness (QED) is 0.513. The molecule has 1 fully saturated rings. The zero-order valence-corrected chi connectivity index (χ0v) is 19.9. The smallest absolute Gasteiger partial charge is 0.243 e. The van der Waals surface area contributed by atoms with Crippen molar-refractivity contribution in [2.45, 2.75) is 20.3 Å². The second kappa shape index (κ2) is 9.56. The fourth-order valence-corrected chi connectivity index (χ4v) is 4.49. The predicted octanol–water partition coefficient (Wildman–Crippen LogP) is 5.30. The fraction of sp³-hybridized carbons (Fsp3) is 0.320. The van der Waals surface area contributed by atoms with E-state index in [2.05, 4.69) is 37.0 Å². The number of benzene rings is 1. The van der Waals surface area contributed by atoms with Gasteiger partial charge in [-0.3, -0.25) is 0 Å². The number of ether oxygens (including phenoxy) is 1. The second-order valence-corrected chi connectivity index (χ2v) is 8.89. The van der Waals surface area contributed by atoms with E-state index in [9.17, 15) is 4.39 Å². The van der Waals surface area contributed by atoms with Crippen molar-refractivity contribution >= 4 is 35.0 Å². The first kappa shape index (κ1) is 22.6. The summed E-state index contributed by atoms with van der Waals surface area (Å²) >= 11 is 6.49. The molecule has 0 amide bonds. The van der Waals surface area contributed by atoms with Crippen LogP contribution in [0.5, 0.6) is 11.6 Å². The Hall–Kier alpha value is -3.23. The summed E-state index contributed by atoms with van der Waals surface area (Å²) in [5.41, 5.74) is 3.69. The third-order valence-electron chi connectivity index (χ3n) is 6.24. The lowest BCUT2D eigenvalue weighted by Crippen LogP contribution is -2.46. The highest BCUT2D eigenvalue weighted by atomic mass is 35.5. The number of fused-ring (bicyclic) bond motifs is 1. The molecule has 2 aliphatic rings. The Labute approximate surface area is 203 Å². The third-order valence-corrected chi connectivity index (χ3v) is 6.58. The minimum absolute atomic E-state index is 0.0712. The van der Waals surface area contributed by atoms with Crippen LogP contribution in [0.1, 0.15) is 25.0 Å². The summed E-state index contributed by atoms with van der Waals surface area (Å²) in [4.78, 5) is 17.6. The summed E-state index contributed by atoms with van der Waals surface area (Å²) in [6.45, 7) is 9.31. The largest absolute Gasteiger partial charge is 0.434 e. The van der Waals surface area contributed by atoms with Gasteiger partial charge in [0.1, 0.15) is 17.2 Å². The molecule has 0 spiro atoms. The highest BCUT2D eigenvalue weighted by Gasteiger charge is 2.20. The highest BCUT2D eigenvalue weighted by Crippen LogP contribution is 2.37. The van der Waals surface area contributed by atoms with Crippen molar-refractivity contribution in [1.82, 2.24) is 19.9 Å². The maximum atomic E-state index is 15.0. The van der Waals surface area contributed by atoms with Gasteiger partial charge in [0.25, 0.3) is 0 Å². The molecule has 1 N–H and O–H groups in total. The molecular formula is C25H26ClFN6O. The predicted molar refractivity (Wildman–Crippen MR) is 133 cm³/mol. The van der Waals surface area contributed by atoms with Gasteiger partial charge in [-0.25, -0.2) is 14.4 Å². The summed E-state index contributed by atoms with van der Waals surface area (Å²) in [5.74, 6) is 0.646. The Balaban J connectivity index is 1.30. The van der Waals surface area contributed by atoms with Crippen LogP contribution in [-0.2, 0) is 6.42 Å². The van der Waals surface area contributed by atoms with E-state index < -0.39 is 5.82 Å². The number of rotatable bonds is 6. The van der Waals surface area contributed by atoms with Gasteiger partial charge in [-0.2, -0.15) is 4.98 Å². The first-order valence-corrected chi connectivity index (χ1v) is 11.8. The van der Waals surface area contributed by atoms with Crippen LogP contribution in [0.25, 0.3) is 6.08 Å². The first-order valence-electron chi connectivity index (χ1n) is 11.4. The third kappa shape index (κ3) is 4.56. The van der Waals surface area contributed by atoms with E-state index in [0.717, 1.165) is 56.0 Å². The topological polar surface area (TPSA) is 66.4 Å². The van der Waals surface area contributed by atoms with Gasteiger partial charge in [0.2, 0.25) is 5.88 Å². The van der Waals surface area contributed by atoms with Crippen LogP contribution in [0.2, 0.25) is 5.02 Å². The van der Waals surface area contributed by atoms with Gasteiger partial charge in [0.05, 0.1) is 11.9 Å². The molecule has 2 aromatic heterocycles. The molecule has 176 valence electrons. The van der Waals surface area contributed by atoms with E-state index in [1.165, 1.54) is 6.33 Å². The molecule has 0 radical (unpaired) electrons. The van der Waals surface area contributed by atoms with Gasteiger partial charge >= 0.3 is 0 Å². The van der Waals surface area contributed by atoms with Crippen LogP contribution < -0.4 is 15.0 Å². The zero-order valence-electron chi connectivity index (χ0n) is 19.2. The summed E-state index contributed by atoms with van der Waals surface area (Å²) in [6, 6.07) is 7.38. The van der Waals surface area contributed by atoms with Crippen LogP contribution in [0.15, 0.2) is 42.4 Å². The van der Waals surface area contributed by atoms with Crippen LogP contribution in [0, 0.1) is 5.82 Å². The lowest BCUT2D eigenvalue weighted by molar-refractivity contribution is 0.271. The van der Waals surface area contributed by atoms with Gasteiger partial charge in [0, 0.05) is 31.7 Å². The minimum atomic E-state index is -0.421. The molecule has 34 heavy (non-hydrogen) atoms. The SMILES string of the molecule is CCN1CCN(c2ccc(Nc3ncnc(Oc4ccc5c(c4F)C=C(C)C5)c3Cl)nc2)CC1. The summed E-state index contributed by atoms with van der Waals surface area (Å²) < 4.78 is 20.7. The Morgan fingerprint density at radius 1 is 1.09 bits per heavy atom. The minimum Gasteiger partial charge on any atom is -0.434 e. The van der Waals surface area contributed by atoms with Crippen LogP contribution in [0.3, 0.4) is 0 Å². The van der Waals surface area contributed by atoms with Gasteiger partial charge in [-0.15, -0.1) is 0 Å². The number of allylic oxidation sites excluding steroid dienone is 1. The Morgan fingerprint density at radius 3 is 2.65 bits per heavy atom. The summed E-state index contributed by atoms with van der Waals surface area (Å²) in [7, 11) is 0. The number of aromatic nitrogens is 3. The Kier molecular flexibility index (Phi) is 6.34. The second-order valence-electron chi connectivity index (χ2n) is 8.51. The standard InChI is InChI=1S/C25H26ClFN6O/c1-3-32-8-10-33(11-9-32)18-5-7-21(28-14-18)31-24-22(26)25(30-15-29-24)34-20-6-4-17-12-16(2)13-19(17)23(20)27/h4-7,13-15H,3,8-12H2,1-2H3,(H,28,29,30,31). The van der Waals surface area contributed by atoms with E-state index in [-0.39, 0.29) is 16.7 Å². The highest BCUT2D eigenvalue weighted by molar-refractivity contribution is 6.34. The van der Waals surface area contributed by atoms with Crippen molar-refractivity contribution in [3.05, 3.63) is 64.3 Å². The Morgan fingerprint density at radius 2 is 1.91 bits per heavy atom. The van der Waals surface area contributed by atoms with Crippen LogP contribution in [0.4, 0.5) is 21.7 Å². The Bertz CT molecular complexity index is 1220. The molecule has 0 saturated carbocycles. The number of pyridine rings is 1. The summed E-state index contributed by atoms with van der Waals surface area (Å²) in [6.07, 6.45) is 5.74. The van der Waals surface area contributed by atoms with Crippen molar-refractivity contribution in [2.24, 2.45) is 0 Å². The van der Waals surface area contributed by atoms with E-state index in [1.807, 2.05) is 37.4 Å². The molecule has 1 saturated heterocycles. The average molecular weight is 481 g/mol. The van der Waals surface area contributed by atoms with Crippen LogP contribution in [-0.4, -0.2) is 52.6 Å².